The quantitative estimate of drug-likeness (QED) is 0.687. The molecule has 14 heavy (non-hydrogen) atoms. The molecule has 2 unspecified atom stereocenters. The maximum atomic E-state index is 3.61. The molecular weight excluding hydrogens is 304 g/mol. The van der Waals surface area contributed by atoms with E-state index in [-0.39, 0.29) is 0 Å². The highest BCUT2D eigenvalue weighted by Gasteiger charge is 2.18. The third-order valence-electron chi connectivity index (χ3n) is 2.80. The molecule has 0 aliphatic carbocycles. The predicted octanol–water partition coefficient (Wildman–Crippen LogP) is 4.97. The second-order valence-electron chi connectivity index (χ2n) is 3.67. The van der Waals surface area contributed by atoms with Crippen LogP contribution in [-0.2, 0) is 0 Å². The Morgan fingerprint density at radius 3 is 2.43 bits per heavy atom. The van der Waals surface area contributed by atoms with Gasteiger partial charge < -0.3 is 0 Å². The van der Waals surface area contributed by atoms with E-state index in [4.69, 9.17) is 0 Å². The van der Waals surface area contributed by atoms with Crippen molar-refractivity contribution < 1.29 is 0 Å². The average molecular weight is 320 g/mol. The van der Waals surface area contributed by atoms with Crippen molar-refractivity contribution in [3.63, 3.8) is 0 Å². The molecule has 0 nitrogen and oxygen atoms in total. The van der Waals surface area contributed by atoms with Gasteiger partial charge in [-0.05, 0) is 23.5 Å². The molecule has 1 aromatic carbocycles. The van der Waals surface area contributed by atoms with Crippen LogP contribution in [0.25, 0.3) is 0 Å². The Kier molecular flexibility index (Phi) is 5.18. The highest BCUT2D eigenvalue weighted by Crippen LogP contribution is 2.33. The Hall–Kier alpha value is 0.180. The molecule has 0 saturated carbocycles. The van der Waals surface area contributed by atoms with Crippen molar-refractivity contribution in [1.29, 1.82) is 0 Å². The van der Waals surface area contributed by atoms with Gasteiger partial charge in [0, 0.05) is 9.80 Å². The Labute approximate surface area is 103 Å². The van der Waals surface area contributed by atoms with E-state index in [0.29, 0.717) is 11.8 Å². The van der Waals surface area contributed by atoms with Gasteiger partial charge in [-0.15, -0.1) is 0 Å². The second kappa shape index (κ2) is 5.92. The first-order chi connectivity index (χ1) is 6.70. The normalized spacial score (nSPS) is 15.1. The summed E-state index contributed by atoms with van der Waals surface area (Å²) in [5.41, 5.74) is 1.42. The fraction of sp³-hybridized carbons (Fsp3) is 0.500. The van der Waals surface area contributed by atoms with Crippen LogP contribution in [0.4, 0.5) is 0 Å². The highest BCUT2D eigenvalue weighted by molar-refractivity contribution is 9.10. The predicted molar refractivity (Wildman–Crippen MR) is 70.1 cm³/mol. The lowest BCUT2D eigenvalue weighted by molar-refractivity contribution is 0.479. The molecular formula is C12H16Br2. The van der Waals surface area contributed by atoms with Crippen LogP contribution in [0.5, 0.6) is 0 Å². The summed E-state index contributed by atoms with van der Waals surface area (Å²) in [6.07, 6.45) is 1.22. The van der Waals surface area contributed by atoms with Crippen LogP contribution in [0.1, 0.15) is 31.7 Å². The first-order valence-corrected chi connectivity index (χ1v) is 6.92. The summed E-state index contributed by atoms with van der Waals surface area (Å²) in [4.78, 5) is 0. The van der Waals surface area contributed by atoms with Crippen molar-refractivity contribution in [3.05, 3.63) is 34.3 Å². The van der Waals surface area contributed by atoms with Gasteiger partial charge >= 0.3 is 0 Å². The second-order valence-corrected chi connectivity index (χ2v) is 5.17. The average Bonchev–Trinajstić information content (AvgIpc) is 2.21. The maximum absolute atomic E-state index is 3.61. The number of hydrogen-bond acceptors (Lipinski definition) is 0. The standard InChI is InChI=1S/C12H16Br2/c1-3-9(2)11(8-13)10-6-4-5-7-12(10)14/h4-7,9,11H,3,8H2,1-2H3. The molecule has 0 bridgehead atoms. The molecule has 1 rings (SSSR count). The van der Waals surface area contributed by atoms with Gasteiger partial charge in [-0.1, -0.05) is 70.3 Å². The summed E-state index contributed by atoms with van der Waals surface area (Å²) >= 11 is 7.22. The maximum Gasteiger partial charge on any atom is 0.0210 e. The van der Waals surface area contributed by atoms with Gasteiger partial charge in [0.2, 0.25) is 0 Å². The minimum absolute atomic E-state index is 0.607. The molecule has 2 atom stereocenters. The fourth-order valence-electron chi connectivity index (χ4n) is 1.60. The van der Waals surface area contributed by atoms with E-state index in [9.17, 15) is 0 Å². The van der Waals surface area contributed by atoms with E-state index in [1.807, 2.05) is 0 Å². The molecule has 0 aliphatic heterocycles. The lowest BCUT2D eigenvalue weighted by Crippen LogP contribution is -2.11. The molecule has 0 heterocycles. The van der Waals surface area contributed by atoms with Crippen LogP contribution >= 0.6 is 31.9 Å². The third-order valence-corrected chi connectivity index (χ3v) is 4.22. The molecule has 1 aromatic rings. The van der Waals surface area contributed by atoms with Gasteiger partial charge in [0.05, 0.1) is 0 Å². The summed E-state index contributed by atoms with van der Waals surface area (Å²) in [5, 5.41) is 1.03. The van der Waals surface area contributed by atoms with Gasteiger partial charge in [-0.3, -0.25) is 0 Å². The van der Waals surface area contributed by atoms with Crippen LogP contribution in [0.3, 0.4) is 0 Å². The molecule has 0 N–H and O–H groups in total. The van der Waals surface area contributed by atoms with E-state index in [0.717, 1.165) is 5.33 Å². The zero-order valence-electron chi connectivity index (χ0n) is 8.63. The van der Waals surface area contributed by atoms with Gasteiger partial charge in [-0.25, -0.2) is 0 Å². The SMILES string of the molecule is CCC(C)C(CBr)c1ccccc1Br. The molecule has 2 heteroatoms. The largest absolute Gasteiger partial charge is 0.0921 e. The van der Waals surface area contributed by atoms with Crippen molar-refractivity contribution >= 4 is 31.9 Å². The van der Waals surface area contributed by atoms with Gasteiger partial charge in [0.25, 0.3) is 0 Å². The van der Waals surface area contributed by atoms with E-state index < -0.39 is 0 Å². The van der Waals surface area contributed by atoms with Crippen LogP contribution in [0.15, 0.2) is 28.7 Å². The smallest absolute Gasteiger partial charge is 0.0210 e. The Bertz CT molecular complexity index is 283. The van der Waals surface area contributed by atoms with Crippen LogP contribution in [-0.4, -0.2) is 5.33 Å². The molecule has 0 radical (unpaired) electrons. The van der Waals surface area contributed by atoms with Crippen LogP contribution in [0.2, 0.25) is 0 Å². The molecule has 0 amide bonds. The Balaban J connectivity index is 2.94. The summed E-state index contributed by atoms with van der Waals surface area (Å²) < 4.78 is 1.23. The van der Waals surface area contributed by atoms with Crippen molar-refractivity contribution in [2.75, 3.05) is 5.33 Å². The Morgan fingerprint density at radius 1 is 1.29 bits per heavy atom. The summed E-state index contributed by atoms with van der Waals surface area (Å²) in [5.74, 6) is 1.32. The number of benzene rings is 1. The minimum Gasteiger partial charge on any atom is -0.0921 e. The molecule has 0 spiro atoms. The first kappa shape index (κ1) is 12.3. The summed E-state index contributed by atoms with van der Waals surface area (Å²) in [7, 11) is 0. The van der Waals surface area contributed by atoms with Crippen LogP contribution in [0, 0.1) is 5.92 Å². The summed E-state index contributed by atoms with van der Waals surface area (Å²) in [6, 6.07) is 8.50. The van der Waals surface area contributed by atoms with E-state index >= 15 is 0 Å². The molecule has 78 valence electrons. The van der Waals surface area contributed by atoms with Gasteiger partial charge in [0.1, 0.15) is 0 Å². The monoisotopic (exact) mass is 318 g/mol. The van der Waals surface area contributed by atoms with Gasteiger partial charge in [-0.2, -0.15) is 0 Å². The first-order valence-electron chi connectivity index (χ1n) is 5.01. The fourth-order valence-corrected chi connectivity index (χ4v) is 3.17. The molecule has 0 aliphatic rings. The molecule has 0 aromatic heterocycles. The topological polar surface area (TPSA) is 0 Å². The third kappa shape index (κ3) is 2.83. The minimum atomic E-state index is 0.607. The van der Waals surface area contributed by atoms with Crippen LogP contribution < -0.4 is 0 Å². The molecule has 0 fully saturated rings. The highest BCUT2D eigenvalue weighted by atomic mass is 79.9. The number of rotatable bonds is 4. The number of alkyl halides is 1. The van der Waals surface area contributed by atoms with E-state index in [1.54, 1.807) is 0 Å². The lowest BCUT2D eigenvalue weighted by atomic mass is 9.87. The summed E-state index contributed by atoms with van der Waals surface area (Å²) in [6.45, 7) is 4.56. The lowest BCUT2D eigenvalue weighted by Gasteiger charge is -2.22. The van der Waals surface area contributed by atoms with Gasteiger partial charge in [0.15, 0.2) is 0 Å². The van der Waals surface area contributed by atoms with Crippen molar-refractivity contribution in [2.45, 2.75) is 26.2 Å². The number of hydrogen-bond donors (Lipinski definition) is 0. The number of halogens is 2. The van der Waals surface area contributed by atoms with Crippen molar-refractivity contribution in [2.24, 2.45) is 5.92 Å². The zero-order valence-corrected chi connectivity index (χ0v) is 11.8. The van der Waals surface area contributed by atoms with E-state index in [1.165, 1.54) is 16.5 Å². The van der Waals surface area contributed by atoms with Crippen molar-refractivity contribution in [1.82, 2.24) is 0 Å². The van der Waals surface area contributed by atoms with Crippen molar-refractivity contribution in [3.8, 4) is 0 Å². The zero-order chi connectivity index (χ0) is 10.6. The molecule has 0 saturated heterocycles. The Morgan fingerprint density at radius 2 is 1.93 bits per heavy atom. The van der Waals surface area contributed by atoms with E-state index in [2.05, 4.69) is 70.0 Å².